The van der Waals surface area contributed by atoms with Crippen LogP contribution in [0, 0.1) is 5.41 Å². The SMILES string of the molecule is CCC(C)(C)C(C)(C)c1cc(B2OC(C)(C)C(C)(C)O2)c(OC2CCCCO2)c(-n2c3cc(C(C)(C)C)ccc3c3ccc(C(C)(C)C)cc32)c1. The van der Waals surface area contributed by atoms with Crippen molar-refractivity contribution in [2.75, 3.05) is 6.61 Å². The molecule has 0 saturated carbocycles. The Labute approximate surface area is 308 Å². The normalized spacial score (nSPS) is 20.1. The lowest BCUT2D eigenvalue weighted by atomic mass is 9.61. The first-order valence-corrected chi connectivity index (χ1v) is 19.4. The number of nitrogens with zero attached hydrogens (tertiary/aromatic N) is 1. The van der Waals surface area contributed by atoms with Crippen LogP contribution in [0.5, 0.6) is 5.75 Å². The second kappa shape index (κ2) is 12.7. The van der Waals surface area contributed by atoms with Gasteiger partial charge >= 0.3 is 7.12 Å². The van der Waals surface area contributed by atoms with E-state index in [0.29, 0.717) is 6.61 Å². The predicted molar refractivity (Wildman–Crippen MR) is 215 cm³/mol. The van der Waals surface area contributed by atoms with Gasteiger partial charge in [0, 0.05) is 22.7 Å². The largest absolute Gasteiger partial charge is 0.498 e. The van der Waals surface area contributed by atoms with Crippen molar-refractivity contribution in [3.8, 4) is 11.4 Å². The van der Waals surface area contributed by atoms with Gasteiger partial charge in [0.25, 0.3) is 0 Å². The fourth-order valence-corrected chi connectivity index (χ4v) is 7.42. The molecule has 0 radical (unpaired) electrons. The first-order chi connectivity index (χ1) is 23.5. The number of aromatic nitrogens is 1. The lowest BCUT2D eigenvalue weighted by molar-refractivity contribution is -0.105. The van der Waals surface area contributed by atoms with Gasteiger partial charge in [0.05, 0.1) is 34.5 Å². The van der Waals surface area contributed by atoms with Crippen LogP contribution in [-0.4, -0.2) is 35.8 Å². The van der Waals surface area contributed by atoms with E-state index in [4.69, 9.17) is 18.8 Å². The maximum atomic E-state index is 7.16. The number of benzene rings is 3. The van der Waals surface area contributed by atoms with E-state index >= 15 is 0 Å². The summed E-state index contributed by atoms with van der Waals surface area (Å²) in [5.41, 5.74) is 6.83. The number of fused-ring (bicyclic) bond motifs is 3. The van der Waals surface area contributed by atoms with Crippen LogP contribution in [0.3, 0.4) is 0 Å². The second-order valence-corrected chi connectivity index (χ2v) is 19.6. The van der Waals surface area contributed by atoms with Crippen molar-refractivity contribution in [3.05, 3.63) is 65.2 Å². The summed E-state index contributed by atoms with van der Waals surface area (Å²) in [7, 11) is -0.615. The fourth-order valence-electron chi connectivity index (χ4n) is 7.42. The smallest absolute Gasteiger partial charge is 0.463 e. The Morgan fingerprint density at radius 2 is 1.25 bits per heavy atom. The summed E-state index contributed by atoms with van der Waals surface area (Å²) in [4.78, 5) is 0. The molecule has 5 nitrogen and oxygen atoms in total. The van der Waals surface area contributed by atoms with Crippen molar-refractivity contribution in [1.82, 2.24) is 4.57 Å². The van der Waals surface area contributed by atoms with Gasteiger partial charge in [-0.05, 0) is 97.1 Å². The third-order valence-electron chi connectivity index (χ3n) is 13.0. The summed E-state index contributed by atoms with van der Waals surface area (Å²) in [6.45, 7) is 34.8. The minimum atomic E-state index is -0.615. The molecule has 6 rings (SSSR count). The summed E-state index contributed by atoms with van der Waals surface area (Å²) >= 11 is 0. The minimum Gasteiger partial charge on any atom is -0.463 e. The molecule has 1 atom stereocenters. The first-order valence-electron chi connectivity index (χ1n) is 19.4. The number of rotatable bonds is 7. The van der Waals surface area contributed by atoms with Crippen LogP contribution in [0.15, 0.2) is 48.5 Å². The van der Waals surface area contributed by atoms with Crippen molar-refractivity contribution < 1.29 is 18.8 Å². The number of ether oxygens (including phenoxy) is 2. The minimum absolute atomic E-state index is 0.00591. The fraction of sp³-hybridized carbons (Fsp3) is 0.600. The third kappa shape index (κ3) is 6.68. The van der Waals surface area contributed by atoms with Gasteiger partial charge in [-0.1, -0.05) is 113 Å². The summed E-state index contributed by atoms with van der Waals surface area (Å²) in [5.74, 6) is 0.773. The molecule has 3 heterocycles. The molecular formula is C45H64BNO4. The molecule has 1 aromatic heterocycles. The molecule has 0 spiro atoms. The van der Waals surface area contributed by atoms with Crippen LogP contribution in [0.25, 0.3) is 27.5 Å². The Balaban J connectivity index is 1.78. The highest BCUT2D eigenvalue weighted by Crippen LogP contribution is 2.47. The molecule has 2 aliphatic rings. The van der Waals surface area contributed by atoms with E-state index in [1.54, 1.807) is 0 Å². The van der Waals surface area contributed by atoms with Gasteiger partial charge in [-0.25, -0.2) is 0 Å². The van der Waals surface area contributed by atoms with Crippen molar-refractivity contribution in [3.63, 3.8) is 0 Å². The van der Waals surface area contributed by atoms with E-state index in [9.17, 15) is 0 Å². The zero-order valence-corrected chi connectivity index (χ0v) is 34.4. The van der Waals surface area contributed by atoms with E-state index in [-0.39, 0.29) is 27.9 Å². The molecule has 2 aliphatic heterocycles. The summed E-state index contributed by atoms with van der Waals surface area (Å²) in [6, 6.07) is 18.8. The van der Waals surface area contributed by atoms with Crippen molar-refractivity contribution in [1.29, 1.82) is 0 Å². The average molecular weight is 694 g/mol. The molecule has 6 heteroatoms. The van der Waals surface area contributed by atoms with Gasteiger partial charge in [0.2, 0.25) is 0 Å². The van der Waals surface area contributed by atoms with Crippen LogP contribution in [-0.2, 0) is 30.3 Å². The maximum Gasteiger partial charge on any atom is 0.498 e. The molecule has 1 unspecified atom stereocenters. The Morgan fingerprint density at radius 1 is 0.725 bits per heavy atom. The Bertz CT molecular complexity index is 1840. The molecule has 4 aromatic rings. The van der Waals surface area contributed by atoms with Crippen LogP contribution in [0.1, 0.15) is 146 Å². The molecule has 2 saturated heterocycles. The second-order valence-electron chi connectivity index (χ2n) is 19.6. The van der Waals surface area contributed by atoms with Crippen molar-refractivity contribution in [2.45, 2.75) is 163 Å². The molecular weight excluding hydrogens is 629 g/mol. The monoisotopic (exact) mass is 693 g/mol. The van der Waals surface area contributed by atoms with E-state index in [1.807, 2.05) is 0 Å². The number of hydrogen-bond acceptors (Lipinski definition) is 4. The highest BCUT2D eigenvalue weighted by atomic mass is 16.7. The van der Waals surface area contributed by atoms with Crippen molar-refractivity contribution >= 4 is 34.4 Å². The summed E-state index contributed by atoms with van der Waals surface area (Å²) in [5, 5.41) is 2.46. The van der Waals surface area contributed by atoms with Gasteiger partial charge < -0.3 is 23.3 Å². The lowest BCUT2D eigenvalue weighted by Crippen LogP contribution is -2.41. The van der Waals surface area contributed by atoms with Crippen molar-refractivity contribution in [2.24, 2.45) is 5.41 Å². The van der Waals surface area contributed by atoms with E-state index in [2.05, 4.69) is 157 Å². The quantitative estimate of drug-likeness (QED) is 0.181. The maximum absolute atomic E-state index is 7.16. The standard InChI is InChI=1S/C45H64BNO4/c1-16-42(8,9)43(10,11)31-25-34(46-50-44(12,13)45(14,15)51-46)39(49-38-19-17-18-24-48-38)37(28-31)47-35-26-29(40(2,3)4)20-22-32(35)33-23-21-30(27-36(33)47)41(5,6)7/h20-23,25-28,38H,16-19,24H2,1-15H3. The van der Waals surface area contributed by atoms with Crippen LogP contribution in [0.2, 0.25) is 0 Å². The zero-order valence-electron chi connectivity index (χ0n) is 34.4. The summed E-state index contributed by atoms with van der Waals surface area (Å²) < 4.78 is 29.7. The molecule has 0 aliphatic carbocycles. The average Bonchev–Trinajstić information content (AvgIpc) is 3.48. The zero-order chi connectivity index (χ0) is 37.5. The molecule has 0 N–H and O–H groups in total. The van der Waals surface area contributed by atoms with Gasteiger partial charge in [-0.15, -0.1) is 0 Å². The van der Waals surface area contributed by atoms with E-state index < -0.39 is 18.3 Å². The highest BCUT2D eigenvalue weighted by Gasteiger charge is 2.53. The predicted octanol–water partition coefficient (Wildman–Crippen LogP) is 11.3. The van der Waals surface area contributed by atoms with Gasteiger partial charge in [-0.2, -0.15) is 0 Å². The van der Waals surface area contributed by atoms with Crippen LogP contribution < -0.4 is 10.2 Å². The topological polar surface area (TPSA) is 41.9 Å². The number of hydrogen-bond donors (Lipinski definition) is 0. The van der Waals surface area contributed by atoms with E-state index in [0.717, 1.165) is 42.6 Å². The molecule has 0 bridgehead atoms. The first kappa shape index (κ1) is 37.9. The molecule has 276 valence electrons. The Kier molecular flexibility index (Phi) is 9.42. The molecule has 51 heavy (non-hydrogen) atoms. The third-order valence-corrected chi connectivity index (χ3v) is 13.0. The summed E-state index contributed by atoms with van der Waals surface area (Å²) in [6.07, 6.45) is 3.64. The molecule has 3 aromatic carbocycles. The highest BCUT2D eigenvalue weighted by molar-refractivity contribution is 6.63. The van der Waals surface area contributed by atoms with Crippen LogP contribution >= 0.6 is 0 Å². The molecule has 2 fully saturated rings. The van der Waals surface area contributed by atoms with Gasteiger partial charge in [-0.3, -0.25) is 0 Å². The van der Waals surface area contributed by atoms with Gasteiger partial charge in [0.15, 0.2) is 6.29 Å². The van der Waals surface area contributed by atoms with Crippen LogP contribution in [0.4, 0.5) is 0 Å². The van der Waals surface area contributed by atoms with Gasteiger partial charge in [0.1, 0.15) is 5.75 Å². The Hall–Kier alpha value is -2.80. The Morgan fingerprint density at radius 3 is 1.71 bits per heavy atom. The molecule has 0 amide bonds. The lowest BCUT2D eigenvalue weighted by Gasteiger charge is -2.42. The van der Waals surface area contributed by atoms with E-state index in [1.165, 1.54) is 38.5 Å².